The third-order valence-electron chi connectivity index (χ3n) is 4.26. The highest BCUT2D eigenvalue weighted by atomic mass is 79.9. The van der Waals surface area contributed by atoms with E-state index in [1.807, 2.05) is 6.07 Å². The van der Waals surface area contributed by atoms with E-state index in [1.54, 1.807) is 24.4 Å². The van der Waals surface area contributed by atoms with Gasteiger partial charge in [0.05, 0.1) is 23.2 Å². The Morgan fingerprint density at radius 3 is 2.72 bits per heavy atom. The summed E-state index contributed by atoms with van der Waals surface area (Å²) in [5, 5.41) is 2.79. The number of nitrogens with zero attached hydrogens (tertiary/aromatic N) is 1. The van der Waals surface area contributed by atoms with E-state index >= 15 is 0 Å². The smallest absolute Gasteiger partial charge is 0.328 e. The topological polar surface area (TPSA) is 68.3 Å². The van der Waals surface area contributed by atoms with Crippen LogP contribution in [0.25, 0.3) is 10.9 Å². The number of nitrogens with one attached hydrogen (secondary N) is 1. The Morgan fingerprint density at radius 1 is 1.28 bits per heavy atom. The van der Waals surface area contributed by atoms with Crippen LogP contribution in [0.3, 0.4) is 0 Å². The minimum Gasteiger partial charge on any atom is -0.467 e. The molecule has 5 nitrogen and oxygen atoms in total. The number of carbonyl (C=O) groups excluding carboxylic acids is 2. The molecular formula is C20H14BrClF2N2O3. The second-order valence-electron chi connectivity index (χ2n) is 6.10. The zero-order valence-electron chi connectivity index (χ0n) is 15.0. The van der Waals surface area contributed by atoms with Gasteiger partial charge in [0.15, 0.2) is 0 Å². The number of aromatic nitrogens is 1. The number of esters is 1. The van der Waals surface area contributed by atoms with Crippen LogP contribution < -0.4 is 5.32 Å². The summed E-state index contributed by atoms with van der Waals surface area (Å²) in [6.07, 6.45) is 1.70. The Kier molecular flexibility index (Phi) is 6.44. The van der Waals surface area contributed by atoms with Crippen molar-refractivity contribution in [2.75, 3.05) is 7.11 Å². The van der Waals surface area contributed by atoms with Gasteiger partial charge in [0.2, 0.25) is 0 Å². The first kappa shape index (κ1) is 21.1. The quantitative estimate of drug-likeness (QED) is 0.545. The maximum atomic E-state index is 14.1. The molecule has 0 radical (unpaired) electrons. The molecule has 150 valence electrons. The van der Waals surface area contributed by atoms with Crippen LogP contribution in [0.4, 0.5) is 8.78 Å². The lowest BCUT2D eigenvalue weighted by atomic mass is 10.0. The van der Waals surface area contributed by atoms with Gasteiger partial charge in [-0.1, -0.05) is 23.7 Å². The van der Waals surface area contributed by atoms with Crippen molar-refractivity contribution >= 4 is 50.3 Å². The molecule has 0 spiro atoms. The fraction of sp³-hybridized carbons (Fsp3) is 0.150. The summed E-state index contributed by atoms with van der Waals surface area (Å²) in [7, 11) is 1.17. The van der Waals surface area contributed by atoms with Crippen LogP contribution in [-0.4, -0.2) is 30.0 Å². The minimum absolute atomic E-state index is 0.0638. The lowest BCUT2D eigenvalue weighted by molar-refractivity contribution is -0.142. The molecule has 0 aliphatic rings. The van der Waals surface area contributed by atoms with Crippen molar-refractivity contribution in [1.29, 1.82) is 0 Å². The Balaban J connectivity index is 1.94. The van der Waals surface area contributed by atoms with Crippen LogP contribution >= 0.6 is 27.5 Å². The van der Waals surface area contributed by atoms with Crippen molar-refractivity contribution in [3.05, 3.63) is 74.9 Å². The molecule has 3 aromatic rings. The number of rotatable bonds is 5. The minimum atomic E-state index is -1.13. The molecule has 3 rings (SSSR count). The SMILES string of the molecule is COC(=O)[C@H](Cc1ccc(Br)c2ncccc12)NC(=O)c1c(F)cc(F)cc1Cl. The van der Waals surface area contributed by atoms with E-state index in [9.17, 15) is 18.4 Å². The number of pyridine rings is 1. The van der Waals surface area contributed by atoms with E-state index in [0.29, 0.717) is 11.6 Å². The highest BCUT2D eigenvalue weighted by molar-refractivity contribution is 9.10. The van der Waals surface area contributed by atoms with Crippen molar-refractivity contribution < 1.29 is 23.1 Å². The number of carbonyl (C=O) groups is 2. The van der Waals surface area contributed by atoms with Gasteiger partial charge < -0.3 is 10.1 Å². The summed E-state index contributed by atoms with van der Waals surface area (Å²) in [5.74, 6) is -3.73. The van der Waals surface area contributed by atoms with Crippen molar-refractivity contribution in [2.45, 2.75) is 12.5 Å². The van der Waals surface area contributed by atoms with Gasteiger partial charge in [-0.05, 0) is 39.7 Å². The van der Waals surface area contributed by atoms with Gasteiger partial charge in [-0.2, -0.15) is 0 Å². The van der Waals surface area contributed by atoms with Crippen molar-refractivity contribution in [1.82, 2.24) is 10.3 Å². The van der Waals surface area contributed by atoms with Gasteiger partial charge in [-0.25, -0.2) is 13.6 Å². The number of hydrogen-bond donors (Lipinski definition) is 1. The normalized spacial score (nSPS) is 11.9. The lowest BCUT2D eigenvalue weighted by Crippen LogP contribution is -2.43. The molecule has 9 heteroatoms. The Morgan fingerprint density at radius 2 is 2.03 bits per heavy atom. The molecule has 0 saturated heterocycles. The second-order valence-corrected chi connectivity index (χ2v) is 7.37. The summed E-state index contributed by atoms with van der Waals surface area (Å²) in [6, 6.07) is 7.37. The van der Waals surface area contributed by atoms with Crippen LogP contribution in [0.1, 0.15) is 15.9 Å². The molecule has 1 aromatic heterocycles. The Labute approximate surface area is 178 Å². The molecule has 0 bridgehead atoms. The first-order valence-corrected chi connectivity index (χ1v) is 9.54. The standard InChI is InChI=1S/C20H14BrClF2N2O3/c1-29-20(28)16(26-19(27)17-14(22)8-11(23)9-15(17)24)7-10-4-5-13(21)18-12(10)3-2-6-25-18/h2-6,8-9,16H,7H2,1H3,(H,26,27)/t16-/m0/s1. The van der Waals surface area contributed by atoms with E-state index in [2.05, 4.69) is 26.2 Å². The number of ether oxygens (including phenoxy) is 1. The van der Waals surface area contributed by atoms with Crippen LogP contribution in [0, 0.1) is 11.6 Å². The van der Waals surface area contributed by atoms with Crippen molar-refractivity contribution in [2.24, 2.45) is 0 Å². The fourth-order valence-corrected chi connectivity index (χ4v) is 3.65. The van der Waals surface area contributed by atoms with Gasteiger partial charge in [0.25, 0.3) is 5.91 Å². The molecule has 0 unspecified atom stereocenters. The van der Waals surface area contributed by atoms with Crippen LogP contribution in [0.5, 0.6) is 0 Å². The first-order chi connectivity index (χ1) is 13.8. The largest absolute Gasteiger partial charge is 0.467 e. The average Bonchev–Trinajstić information content (AvgIpc) is 2.68. The lowest BCUT2D eigenvalue weighted by Gasteiger charge is -2.18. The fourth-order valence-electron chi connectivity index (χ4n) is 2.92. The maximum Gasteiger partial charge on any atom is 0.328 e. The molecule has 0 fully saturated rings. The molecule has 2 aromatic carbocycles. The highest BCUT2D eigenvalue weighted by Crippen LogP contribution is 2.26. The molecule has 0 aliphatic heterocycles. The van der Waals surface area contributed by atoms with Gasteiger partial charge in [-0.15, -0.1) is 0 Å². The molecule has 1 N–H and O–H groups in total. The molecule has 29 heavy (non-hydrogen) atoms. The van der Waals surface area contributed by atoms with E-state index in [1.165, 1.54) is 7.11 Å². The van der Waals surface area contributed by atoms with Gasteiger partial charge in [-0.3, -0.25) is 9.78 Å². The van der Waals surface area contributed by atoms with Gasteiger partial charge in [0, 0.05) is 28.5 Å². The number of halogens is 4. The van der Waals surface area contributed by atoms with Crippen LogP contribution in [0.2, 0.25) is 5.02 Å². The summed E-state index contributed by atoms with van der Waals surface area (Å²) in [6.45, 7) is 0. The Bertz CT molecular complexity index is 1090. The number of methoxy groups -OCH3 is 1. The predicted molar refractivity (Wildman–Crippen MR) is 108 cm³/mol. The van der Waals surface area contributed by atoms with E-state index in [-0.39, 0.29) is 6.42 Å². The summed E-state index contributed by atoms with van der Waals surface area (Å²) in [4.78, 5) is 29.1. The van der Waals surface area contributed by atoms with Crippen molar-refractivity contribution in [3.63, 3.8) is 0 Å². The zero-order chi connectivity index (χ0) is 21.1. The van der Waals surface area contributed by atoms with E-state index in [4.69, 9.17) is 16.3 Å². The van der Waals surface area contributed by atoms with Crippen LogP contribution in [-0.2, 0) is 16.0 Å². The molecule has 0 saturated carbocycles. The number of fused-ring (bicyclic) bond motifs is 1. The average molecular weight is 484 g/mol. The van der Waals surface area contributed by atoms with Crippen LogP contribution in [0.15, 0.2) is 47.1 Å². The third-order valence-corrected chi connectivity index (χ3v) is 5.20. The molecule has 1 amide bonds. The number of hydrogen-bond acceptors (Lipinski definition) is 4. The van der Waals surface area contributed by atoms with E-state index < -0.39 is 40.1 Å². The molecule has 1 heterocycles. The Hall–Kier alpha value is -2.58. The molecule has 0 aliphatic carbocycles. The van der Waals surface area contributed by atoms with Gasteiger partial charge in [0.1, 0.15) is 17.7 Å². The van der Waals surface area contributed by atoms with Crippen molar-refractivity contribution in [3.8, 4) is 0 Å². The third kappa shape index (κ3) is 4.54. The van der Waals surface area contributed by atoms with Gasteiger partial charge >= 0.3 is 5.97 Å². The summed E-state index contributed by atoms with van der Waals surface area (Å²) in [5.41, 5.74) is 0.856. The first-order valence-electron chi connectivity index (χ1n) is 8.37. The van der Waals surface area contributed by atoms with E-state index in [0.717, 1.165) is 21.5 Å². The molecular weight excluding hydrogens is 470 g/mol. The number of amides is 1. The number of benzene rings is 2. The summed E-state index contributed by atoms with van der Waals surface area (Å²) >= 11 is 9.23. The molecule has 1 atom stereocenters. The zero-order valence-corrected chi connectivity index (χ0v) is 17.4. The maximum absolute atomic E-state index is 14.1. The second kappa shape index (κ2) is 8.84. The highest BCUT2D eigenvalue weighted by Gasteiger charge is 2.26. The summed E-state index contributed by atoms with van der Waals surface area (Å²) < 4.78 is 32.9. The predicted octanol–water partition coefficient (Wildman–Crippen LogP) is 4.44. The monoisotopic (exact) mass is 482 g/mol.